The lowest BCUT2D eigenvalue weighted by Gasteiger charge is -2.25. The van der Waals surface area contributed by atoms with E-state index in [9.17, 15) is 9.59 Å². The zero-order valence-electron chi connectivity index (χ0n) is 22.0. The number of benzene rings is 2. The van der Waals surface area contributed by atoms with E-state index in [0.29, 0.717) is 43.6 Å². The highest BCUT2D eigenvalue weighted by Gasteiger charge is 2.34. The Balaban J connectivity index is 1.66. The monoisotopic (exact) mass is 686 g/mol. The molecule has 0 unspecified atom stereocenters. The van der Waals surface area contributed by atoms with Crippen molar-refractivity contribution in [2.75, 3.05) is 20.8 Å². The van der Waals surface area contributed by atoms with E-state index in [1.54, 1.807) is 45.2 Å². The molecule has 0 amide bonds. The number of hydrogen-bond acceptors (Lipinski definition) is 8. The number of fused-ring (bicyclic) bond motifs is 1. The summed E-state index contributed by atoms with van der Waals surface area (Å²) in [7, 11) is 3.08. The van der Waals surface area contributed by atoms with Crippen LogP contribution in [0.15, 0.2) is 83.0 Å². The first-order valence-corrected chi connectivity index (χ1v) is 14.6. The van der Waals surface area contributed by atoms with Gasteiger partial charge < -0.3 is 18.6 Å². The summed E-state index contributed by atoms with van der Waals surface area (Å²) in [6, 6.07) is 14.0. The molecule has 2 aromatic heterocycles. The van der Waals surface area contributed by atoms with Crippen molar-refractivity contribution in [3.8, 4) is 22.8 Å². The summed E-state index contributed by atoms with van der Waals surface area (Å²) in [5.74, 6) is 1.63. The highest BCUT2D eigenvalue weighted by atomic mass is 79.9. The zero-order valence-corrected chi connectivity index (χ0v) is 26.0. The van der Waals surface area contributed by atoms with Crippen molar-refractivity contribution < 1.29 is 23.4 Å². The average molecular weight is 688 g/mol. The fraction of sp³-hybridized carbons (Fsp3) is 0.207. The van der Waals surface area contributed by atoms with Crippen molar-refractivity contribution in [3.63, 3.8) is 0 Å². The standard InChI is InChI=1S/C29H24Br2N2O6S/c1-5-38-28(35)25-15(2)32-29-33(26(25)16-6-10-22(36-3)23(12-16)37-4)27(34)24(40-29)14-18-8-11-21(39-18)19-13-17(30)7-9-20(19)31/h6-14,26H,5H2,1-4H3/b24-14+/t26-/m1/s1. The number of carbonyl (C=O) groups excluding carboxylic acids is 1. The third-order valence-electron chi connectivity index (χ3n) is 6.33. The first-order chi connectivity index (χ1) is 19.2. The molecule has 0 N–H and O–H groups in total. The van der Waals surface area contributed by atoms with E-state index in [0.717, 1.165) is 14.5 Å². The lowest BCUT2D eigenvalue weighted by Crippen LogP contribution is -2.39. The second-order valence-electron chi connectivity index (χ2n) is 8.74. The molecule has 0 aliphatic carbocycles. The molecule has 3 heterocycles. The summed E-state index contributed by atoms with van der Waals surface area (Å²) >= 11 is 8.28. The molecule has 0 fully saturated rings. The number of carbonyl (C=O) groups is 1. The third-order valence-corrected chi connectivity index (χ3v) is 8.50. The molecule has 2 aromatic carbocycles. The Bertz CT molecular complexity index is 1840. The van der Waals surface area contributed by atoms with Gasteiger partial charge in [0.15, 0.2) is 16.3 Å². The molecule has 5 rings (SSSR count). The highest BCUT2D eigenvalue weighted by Crippen LogP contribution is 2.36. The van der Waals surface area contributed by atoms with E-state index < -0.39 is 12.0 Å². The number of ether oxygens (including phenoxy) is 3. The molecule has 0 bridgehead atoms. The summed E-state index contributed by atoms with van der Waals surface area (Å²) in [5, 5.41) is 0. The molecule has 40 heavy (non-hydrogen) atoms. The first-order valence-electron chi connectivity index (χ1n) is 12.2. The molecule has 0 saturated heterocycles. The molecule has 1 atom stereocenters. The van der Waals surface area contributed by atoms with Crippen LogP contribution >= 0.6 is 43.2 Å². The number of nitrogens with zero attached hydrogens (tertiary/aromatic N) is 2. The minimum Gasteiger partial charge on any atom is -0.493 e. The van der Waals surface area contributed by atoms with E-state index >= 15 is 0 Å². The van der Waals surface area contributed by atoms with Gasteiger partial charge in [0.2, 0.25) is 0 Å². The molecule has 1 aliphatic rings. The maximum atomic E-state index is 13.9. The van der Waals surface area contributed by atoms with Crippen molar-refractivity contribution in [2.24, 2.45) is 4.99 Å². The van der Waals surface area contributed by atoms with Crippen molar-refractivity contribution in [1.29, 1.82) is 0 Å². The minimum atomic E-state index is -0.776. The summed E-state index contributed by atoms with van der Waals surface area (Å²) in [6.07, 6.45) is 1.69. The van der Waals surface area contributed by atoms with Gasteiger partial charge in [0.1, 0.15) is 11.5 Å². The number of esters is 1. The molecule has 0 radical (unpaired) electrons. The number of aromatic nitrogens is 1. The Kier molecular flexibility index (Phi) is 8.16. The van der Waals surface area contributed by atoms with Crippen molar-refractivity contribution in [1.82, 2.24) is 4.57 Å². The van der Waals surface area contributed by atoms with Gasteiger partial charge in [-0.2, -0.15) is 0 Å². The van der Waals surface area contributed by atoms with Crippen molar-refractivity contribution in [3.05, 3.63) is 99.8 Å². The Morgan fingerprint density at radius 1 is 1.10 bits per heavy atom. The van der Waals surface area contributed by atoms with Crippen LogP contribution in [-0.2, 0) is 9.53 Å². The predicted octanol–water partition coefficient (Wildman–Crippen LogP) is 5.60. The Labute approximate surface area is 250 Å². The summed E-state index contributed by atoms with van der Waals surface area (Å²) < 4.78 is 26.1. The highest BCUT2D eigenvalue weighted by molar-refractivity contribution is 9.11. The van der Waals surface area contributed by atoms with Gasteiger partial charge in [0.05, 0.1) is 42.7 Å². The fourth-order valence-corrected chi connectivity index (χ4v) is 6.35. The van der Waals surface area contributed by atoms with E-state index in [4.69, 9.17) is 18.6 Å². The number of furan rings is 1. The first kappa shape index (κ1) is 28.1. The number of methoxy groups -OCH3 is 2. The van der Waals surface area contributed by atoms with Crippen LogP contribution in [0.25, 0.3) is 17.4 Å². The molecule has 206 valence electrons. The lowest BCUT2D eigenvalue weighted by atomic mass is 9.95. The summed E-state index contributed by atoms with van der Waals surface area (Å²) in [6.45, 7) is 3.66. The minimum absolute atomic E-state index is 0.188. The van der Waals surface area contributed by atoms with Crippen LogP contribution in [0.5, 0.6) is 11.5 Å². The number of halogens is 2. The third kappa shape index (κ3) is 5.21. The van der Waals surface area contributed by atoms with Crippen molar-refractivity contribution >= 4 is 55.2 Å². The average Bonchev–Trinajstić information content (AvgIpc) is 3.53. The predicted molar refractivity (Wildman–Crippen MR) is 159 cm³/mol. The number of allylic oxidation sites excluding steroid dienone is 1. The second kappa shape index (κ2) is 11.6. The van der Waals surface area contributed by atoms with E-state index in [1.165, 1.54) is 23.0 Å². The smallest absolute Gasteiger partial charge is 0.338 e. The number of thiazole rings is 1. The molecule has 4 aromatic rings. The van der Waals surface area contributed by atoms with Crippen LogP contribution in [0.2, 0.25) is 0 Å². The molecule has 0 saturated carbocycles. The van der Waals surface area contributed by atoms with Crippen molar-refractivity contribution in [2.45, 2.75) is 19.9 Å². The van der Waals surface area contributed by atoms with Crippen LogP contribution in [0.4, 0.5) is 0 Å². The second-order valence-corrected chi connectivity index (χ2v) is 11.5. The van der Waals surface area contributed by atoms with Gasteiger partial charge >= 0.3 is 5.97 Å². The molecular weight excluding hydrogens is 664 g/mol. The Morgan fingerprint density at radius 3 is 2.60 bits per heavy atom. The lowest BCUT2D eigenvalue weighted by molar-refractivity contribution is -0.139. The Morgan fingerprint density at radius 2 is 1.88 bits per heavy atom. The summed E-state index contributed by atoms with van der Waals surface area (Å²) in [5.41, 5.74) is 1.99. The topological polar surface area (TPSA) is 92.3 Å². The molecule has 11 heteroatoms. The van der Waals surface area contributed by atoms with E-state index in [2.05, 4.69) is 36.9 Å². The van der Waals surface area contributed by atoms with Crippen LogP contribution in [0.3, 0.4) is 0 Å². The van der Waals surface area contributed by atoms with Gasteiger partial charge in [-0.05, 0) is 61.9 Å². The maximum absolute atomic E-state index is 13.9. The molecular formula is C29H24Br2N2O6S. The van der Waals surface area contributed by atoms with Gasteiger partial charge in [-0.25, -0.2) is 9.79 Å². The van der Waals surface area contributed by atoms with Gasteiger partial charge in [-0.3, -0.25) is 9.36 Å². The van der Waals surface area contributed by atoms with Crippen LogP contribution in [0, 0.1) is 0 Å². The normalized spacial score (nSPS) is 15.1. The molecule has 0 spiro atoms. The van der Waals surface area contributed by atoms with Gasteiger partial charge in [-0.15, -0.1) is 0 Å². The quantitative estimate of drug-likeness (QED) is 0.235. The van der Waals surface area contributed by atoms with Crippen LogP contribution in [0.1, 0.15) is 31.2 Å². The SMILES string of the molecule is CCOC(=O)C1=C(C)N=c2s/c(=C/c3ccc(-c4cc(Br)ccc4Br)o3)c(=O)n2[C@@H]1c1ccc(OC)c(OC)c1. The van der Waals surface area contributed by atoms with Crippen LogP contribution in [-0.4, -0.2) is 31.4 Å². The van der Waals surface area contributed by atoms with Gasteiger partial charge in [-0.1, -0.05) is 49.3 Å². The Hall–Kier alpha value is -3.41. The van der Waals surface area contributed by atoms with E-state index in [-0.39, 0.29) is 17.7 Å². The van der Waals surface area contributed by atoms with E-state index in [1.807, 2.05) is 30.3 Å². The van der Waals surface area contributed by atoms with Gasteiger partial charge in [0, 0.05) is 20.6 Å². The molecule has 1 aliphatic heterocycles. The number of hydrogen-bond donors (Lipinski definition) is 0. The summed E-state index contributed by atoms with van der Waals surface area (Å²) in [4.78, 5) is 32.1. The fourth-order valence-electron chi connectivity index (χ4n) is 4.52. The van der Waals surface area contributed by atoms with Crippen LogP contribution < -0.4 is 24.4 Å². The molecule has 8 nitrogen and oxygen atoms in total. The van der Waals surface area contributed by atoms with Gasteiger partial charge in [0.25, 0.3) is 5.56 Å². The zero-order chi connectivity index (χ0) is 28.6. The maximum Gasteiger partial charge on any atom is 0.338 e. The largest absolute Gasteiger partial charge is 0.493 e. The number of rotatable bonds is 7.